The second-order valence-corrected chi connectivity index (χ2v) is 15.0. The van der Waals surface area contributed by atoms with E-state index in [2.05, 4.69) is 13.8 Å². The van der Waals surface area contributed by atoms with E-state index < -0.39 is 36.7 Å². The molecule has 0 saturated carbocycles. The van der Waals surface area contributed by atoms with Crippen LogP contribution < -0.4 is 0 Å². The van der Waals surface area contributed by atoms with Crippen molar-refractivity contribution in [1.82, 2.24) is 0 Å². The maximum Gasteiger partial charge on any atom is 0.453 e. The number of alkyl halides is 5. The fraction of sp³-hybridized carbons (Fsp3) is 0.795. The van der Waals surface area contributed by atoms with Gasteiger partial charge in [0.05, 0.1) is 19.6 Å². The van der Waals surface area contributed by atoms with Crippen LogP contribution in [0.25, 0.3) is 0 Å². The van der Waals surface area contributed by atoms with Crippen molar-refractivity contribution in [1.29, 1.82) is 0 Å². The summed E-state index contributed by atoms with van der Waals surface area (Å²) in [6.45, 7) is 5.35. The smallest absolute Gasteiger partial charge is 0.453 e. The van der Waals surface area contributed by atoms with E-state index in [9.17, 15) is 41.4 Å². The molecule has 58 heavy (non-hydrogen) atoms. The third kappa shape index (κ3) is 27.8. The van der Waals surface area contributed by atoms with Crippen molar-refractivity contribution in [2.45, 2.75) is 206 Å². The van der Waals surface area contributed by atoms with Gasteiger partial charge < -0.3 is 28.8 Å². The molecule has 336 valence electrons. The van der Waals surface area contributed by atoms with E-state index in [1.807, 2.05) is 0 Å². The highest BCUT2D eigenvalue weighted by atomic mass is 19.4. The molecule has 0 radical (unpaired) electrons. The average Bonchev–Trinajstić information content (AvgIpc) is 3.19. The largest absolute Gasteiger partial charge is 0.466 e. The molecule has 14 heteroatoms. The normalized spacial score (nSPS) is 11.9. The van der Waals surface area contributed by atoms with Crippen LogP contribution in [0, 0.1) is 0 Å². The van der Waals surface area contributed by atoms with Crippen LogP contribution in [0.4, 0.5) is 22.0 Å². The molecule has 1 aromatic rings. The zero-order chi connectivity index (χ0) is 42.9. The molecular weight excluding hydrogens is 767 g/mol. The van der Waals surface area contributed by atoms with Crippen molar-refractivity contribution in [3.8, 4) is 0 Å². The molecule has 0 fully saturated rings. The summed E-state index contributed by atoms with van der Waals surface area (Å²) >= 11 is 0. The zero-order valence-electron chi connectivity index (χ0n) is 35.1. The Morgan fingerprint density at radius 1 is 0.534 bits per heavy atom. The highest BCUT2D eigenvalue weighted by molar-refractivity contribution is 5.70. The average molecular weight is 839 g/mol. The van der Waals surface area contributed by atoms with Gasteiger partial charge in [-0.2, -0.15) is 22.0 Å². The quantitative estimate of drug-likeness (QED) is 0.0230. The Morgan fingerprint density at radius 2 is 0.948 bits per heavy atom. The summed E-state index contributed by atoms with van der Waals surface area (Å²) in [5, 5.41) is 9.79. The SMILES string of the molecule is CCCCCCCCOC(CCC(=O)OCc1cc(CO)cc(COC(=O)CCCCCC(=O)OCCCCCCC(F)(F)C(F)(F)F)c1)OCCCCCCCC. The number of halogens is 5. The molecule has 0 aliphatic heterocycles. The lowest BCUT2D eigenvalue weighted by atomic mass is 10.1. The molecule has 1 N–H and O–H groups in total. The molecule has 1 rings (SSSR count). The van der Waals surface area contributed by atoms with Gasteiger partial charge in [0.15, 0.2) is 6.29 Å². The number of esters is 3. The molecule has 0 aliphatic rings. The van der Waals surface area contributed by atoms with E-state index >= 15 is 0 Å². The van der Waals surface area contributed by atoms with Crippen molar-refractivity contribution in [2.24, 2.45) is 0 Å². The third-order valence-electron chi connectivity index (χ3n) is 9.61. The van der Waals surface area contributed by atoms with Gasteiger partial charge in [-0.3, -0.25) is 14.4 Å². The minimum Gasteiger partial charge on any atom is -0.466 e. The number of hydrogen-bond acceptors (Lipinski definition) is 9. The Kier molecular flexibility index (Phi) is 30.2. The molecule has 0 aromatic heterocycles. The van der Waals surface area contributed by atoms with Crippen LogP contribution in [0.15, 0.2) is 18.2 Å². The monoisotopic (exact) mass is 839 g/mol. The number of benzene rings is 1. The van der Waals surface area contributed by atoms with Crippen molar-refractivity contribution in [3.63, 3.8) is 0 Å². The zero-order valence-corrected chi connectivity index (χ0v) is 35.1. The molecule has 0 unspecified atom stereocenters. The van der Waals surface area contributed by atoms with Crippen LogP contribution in [0.1, 0.15) is 185 Å². The maximum absolute atomic E-state index is 12.9. The van der Waals surface area contributed by atoms with Crippen LogP contribution in [0.2, 0.25) is 0 Å². The van der Waals surface area contributed by atoms with Crippen LogP contribution in [0.5, 0.6) is 0 Å². The van der Waals surface area contributed by atoms with Crippen LogP contribution in [-0.4, -0.2) is 61.2 Å². The van der Waals surface area contributed by atoms with Crippen molar-refractivity contribution < 1.29 is 65.1 Å². The Hall–Kier alpha value is -2.84. The molecule has 1 aromatic carbocycles. The molecule has 0 amide bonds. The highest BCUT2D eigenvalue weighted by Gasteiger charge is 2.56. The molecule has 9 nitrogen and oxygen atoms in total. The molecule has 0 bridgehead atoms. The lowest BCUT2D eigenvalue weighted by Crippen LogP contribution is -2.36. The summed E-state index contributed by atoms with van der Waals surface area (Å²) in [6, 6.07) is 5.20. The molecule has 0 aliphatic carbocycles. The number of carbonyl (C=O) groups is 3. The lowest BCUT2D eigenvalue weighted by Gasteiger charge is -2.19. The Balaban J connectivity index is 2.36. The lowest BCUT2D eigenvalue weighted by molar-refractivity contribution is -0.284. The number of aliphatic hydroxyl groups excluding tert-OH is 1. The van der Waals surface area contributed by atoms with E-state index in [0.29, 0.717) is 68.4 Å². The molecule has 0 heterocycles. The summed E-state index contributed by atoms with van der Waals surface area (Å²) in [6.07, 6.45) is 9.57. The second kappa shape index (κ2) is 32.9. The number of carbonyl (C=O) groups excluding carboxylic acids is 3. The first-order chi connectivity index (χ1) is 27.8. The molecule has 0 spiro atoms. The predicted octanol–water partition coefficient (Wildman–Crippen LogP) is 11.8. The molecule has 0 atom stereocenters. The number of rotatable bonds is 37. The van der Waals surface area contributed by atoms with Gasteiger partial charge in [0.25, 0.3) is 0 Å². The van der Waals surface area contributed by atoms with Gasteiger partial charge in [-0.1, -0.05) is 109 Å². The summed E-state index contributed by atoms with van der Waals surface area (Å²) < 4.78 is 90.5. The second-order valence-electron chi connectivity index (χ2n) is 15.0. The van der Waals surface area contributed by atoms with Gasteiger partial charge in [0.1, 0.15) is 13.2 Å². The standard InChI is InChI=1S/C44H71F5O9/c1-3-5-7-9-12-20-28-55-42(56-29-21-13-10-8-6-4-2)25-24-41(53)58-35-38-31-36(33-50)30-37(32-38)34-57-40(52)23-17-15-16-22-39(51)54-27-19-14-11-18-26-43(45,46)44(47,48)49/h30-32,42,50H,3-29,33-35H2,1-2H3. The van der Waals surface area contributed by atoms with E-state index in [0.717, 1.165) is 25.7 Å². The fourth-order valence-corrected chi connectivity index (χ4v) is 6.13. The topological polar surface area (TPSA) is 118 Å². The summed E-state index contributed by atoms with van der Waals surface area (Å²) in [5.74, 6) is -5.95. The van der Waals surface area contributed by atoms with E-state index in [1.165, 1.54) is 51.4 Å². The van der Waals surface area contributed by atoms with Crippen molar-refractivity contribution >= 4 is 17.9 Å². The van der Waals surface area contributed by atoms with Gasteiger partial charge in [0, 0.05) is 38.9 Å². The van der Waals surface area contributed by atoms with E-state index in [4.69, 9.17) is 23.7 Å². The van der Waals surface area contributed by atoms with Gasteiger partial charge in [-0.05, 0) is 61.3 Å². The fourth-order valence-electron chi connectivity index (χ4n) is 6.13. The summed E-state index contributed by atoms with van der Waals surface area (Å²) in [5.41, 5.74) is 1.88. The summed E-state index contributed by atoms with van der Waals surface area (Å²) in [4.78, 5) is 37.0. The maximum atomic E-state index is 12.9. The Bertz CT molecular complexity index is 1210. The first-order valence-electron chi connectivity index (χ1n) is 21.7. The van der Waals surface area contributed by atoms with Gasteiger partial charge in [-0.15, -0.1) is 0 Å². The van der Waals surface area contributed by atoms with Crippen molar-refractivity contribution in [3.05, 3.63) is 34.9 Å². The van der Waals surface area contributed by atoms with Gasteiger partial charge >= 0.3 is 30.0 Å². The van der Waals surface area contributed by atoms with Crippen LogP contribution in [-0.2, 0) is 57.9 Å². The Morgan fingerprint density at radius 3 is 1.45 bits per heavy atom. The van der Waals surface area contributed by atoms with Crippen molar-refractivity contribution in [2.75, 3.05) is 19.8 Å². The number of hydrogen-bond donors (Lipinski definition) is 1. The van der Waals surface area contributed by atoms with Gasteiger partial charge in [-0.25, -0.2) is 0 Å². The molecule has 0 saturated heterocycles. The minimum atomic E-state index is -5.54. The van der Waals surface area contributed by atoms with Gasteiger partial charge in [0.2, 0.25) is 0 Å². The third-order valence-corrected chi connectivity index (χ3v) is 9.61. The minimum absolute atomic E-state index is 0.00911. The number of aliphatic hydroxyl groups is 1. The van der Waals surface area contributed by atoms with E-state index in [1.54, 1.807) is 18.2 Å². The highest BCUT2D eigenvalue weighted by Crippen LogP contribution is 2.39. The number of unbranched alkanes of at least 4 members (excludes halogenated alkanes) is 15. The Labute approximate surface area is 343 Å². The summed E-state index contributed by atoms with van der Waals surface area (Å²) in [7, 11) is 0. The van der Waals surface area contributed by atoms with Crippen LogP contribution >= 0.6 is 0 Å². The number of ether oxygens (including phenoxy) is 5. The van der Waals surface area contributed by atoms with E-state index in [-0.39, 0.29) is 64.5 Å². The predicted molar refractivity (Wildman–Crippen MR) is 212 cm³/mol. The first kappa shape index (κ1) is 53.2. The van der Waals surface area contributed by atoms with Crippen LogP contribution in [0.3, 0.4) is 0 Å². The first-order valence-corrected chi connectivity index (χ1v) is 21.7. The molecular formula is C44H71F5O9.